The summed E-state index contributed by atoms with van der Waals surface area (Å²) < 4.78 is 27.9. The van der Waals surface area contributed by atoms with E-state index in [1.807, 2.05) is 0 Å². The van der Waals surface area contributed by atoms with Crippen molar-refractivity contribution in [3.8, 4) is 0 Å². The van der Waals surface area contributed by atoms with Crippen molar-refractivity contribution in [1.82, 2.24) is 29.5 Å². The molecule has 0 saturated carbocycles. The molecule has 0 aliphatic rings. The van der Waals surface area contributed by atoms with Crippen molar-refractivity contribution >= 4 is 21.6 Å². The second-order valence-corrected chi connectivity index (χ2v) is 5.80. The van der Waals surface area contributed by atoms with Crippen LogP contribution in [0.4, 0.5) is 0 Å². The van der Waals surface area contributed by atoms with Gasteiger partial charge in [-0.25, -0.2) is 23.1 Å². The number of aromatic nitrogens is 5. The van der Waals surface area contributed by atoms with Crippen LogP contribution in [0.3, 0.4) is 0 Å². The second-order valence-electron chi connectivity index (χ2n) is 3.69. The van der Waals surface area contributed by atoms with Gasteiger partial charge in [0.05, 0.1) is 12.4 Å². The van der Waals surface area contributed by atoms with Crippen LogP contribution in [-0.4, -0.2) is 39.7 Å². The highest BCUT2D eigenvalue weighted by molar-refractivity contribution is 7.89. The lowest BCUT2D eigenvalue weighted by Crippen LogP contribution is -2.26. The van der Waals surface area contributed by atoms with E-state index in [1.165, 1.54) is 0 Å². The summed E-state index contributed by atoms with van der Waals surface area (Å²) in [5.41, 5.74) is 0. The van der Waals surface area contributed by atoms with Crippen LogP contribution < -0.4 is 4.72 Å². The Labute approximate surface area is 114 Å². The third-order valence-corrected chi connectivity index (χ3v) is 3.96. The summed E-state index contributed by atoms with van der Waals surface area (Å²) in [6.45, 7) is 0.206. The van der Waals surface area contributed by atoms with Gasteiger partial charge in [-0.1, -0.05) is 0 Å². The maximum atomic E-state index is 11.9. The number of halogens is 1. The average Bonchev–Trinajstić information content (AvgIpc) is 2.75. The topological polar surface area (TPSA) is 103 Å². The molecule has 2 rings (SSSR count). The van der Waals surface area contributed by atoms with Crippen LogP contribution in [0.15, 0.2) is 23.6 Å². The first kappa shape index (κ1) is 13.8. The molecule has 102 valence electrons. The fourth-order valence-corrected chi connectivity index (χ4v) is 2.37. The molecular formula is C9H11ClN6O2S. The number of aryl methyl sites for hydroxylation is 1. The van der Waals surface area contributed by atoms with Crippen molar-refractivity contribution in [1.29, 1.82) is 0 Å². The van der Waals surface area contributed by atoms with Gasteiger partial charge in [-0.2, -0.15) is 0 Å². The Hall–Kier alpha value is -1.58. The number of hydrogen-bond acceptors (Lipinski definition) is 6. The van der Waals surface area contributed by atoms with Gasteiger partial charge >= 0.3 is 0 Å². The maximum absolute atomic E-state index is 11.9. The Balaban J connectivity index is 1.98. The van der Waals surface area contributed by atoms with E-state index >= 15 is 0 Å². The molecule has 10 heteroatoms. The van der Waals surface area contributed by atoms with Crippen LogP contribution >= 0.6 is 11.6 Å². The Morgan fingerprint density at radius 1 is 1.37 bits per heavy atom. The minimum atomic E-state index is -3.63. The van der Waals surface area contributed by atoms with Gasteiger partial charge in [-0.3, -0.25) is 0 Å². The van der Waals surface area contributed by atoms with Gasteiger partial charge < -0.3 is 4.57 Å². The molecule has 0 aliphatic heterocycles. The Bertz CT molecular complexity index is 654. The van der Waals surface area contributed by atoms with E-state index in [-0.39, 0.29) is 16.7 Å². The van der Waals surface area contributed by atoms with Gasteiger partial charge in [0.2, 0.25) is 15.3 Å². The van der Waals surface area contributed by atoms with Crippen molar-refractivity contribution in [2.45, 2.75) is 11.3 Å². The molecule has 19 heavy (non-hydrogen) atoms. The Kier molecular flexibility index (Phi) is 4.08. The normalized spacial score (nSPS) is 11.7. The molecule has 0 saturated heterocycles. The van der Waals surface area contributed by atoms with Crippen molar-refractivity contribution < 1.29 is 8.42 Å². The smallest absolute Gasteiger partial charge is 0.243 e. The van der Waals surface area contributed by atoms with Crippen molar-refractivity contribution in [3.05, 3.63) is 29.8 Å². The molecule has 0 unspecified atom stereocenters. The number of rotatable bonds is 5. The molecule has 0 aromatic carbocycles. The molecular weight excluding hydrogens is 292 g/mol. The van der Waals surface area contributed by atoms with E-state index in [0.717, 1.165) is 12.4 Å². The zero-order valence-corrected chi connectivity index (χ0v) is 11.6. The summed E-state index contributed by atoms with van der Waals surface area (Å²) in [6, 6.07) is 0. The molecule has 0 spiro atoms. The van der Waals surface area contributed by atoms with Crippen molar-refractivity contribution in [2.24, 2.45) is 7.05 Å². The summed E-state index contributed by atoms with van der Waals surface area (Å²) in [5.74, 6) is 0.690. The van der Waals surface area contributed by atoms with Gasteiger partial charge in [-0.05, 0) is 11.6 Å². The lowest BCUT2D eigenvalue weighted by atomic mass is 10.4. The van der Waals surface area contributed by atoms with E-state index in [1.54, 1.807) is 17.9 Å². The van der Waals surface area contributed by atoms with Crippen molar-refractivity contribution in [2.75, 3.05) is 6.54 Å². The van der Waals surface area contributed by atoms with Gasteiger partial charge in [0.15, 0.2) is 0 Å². The Morgan fingerprint density at radius 2 is 2.05 bits per heavy atom. The summed E-state index contributed by atoms with van der Waals surface area (Å²) >= 11 is 5.50. The minimum absolute atomic E-state index is 0.00182. The van der Waals surface area contributed by atoms with Crippen LogP contribution in [0.25, 0.3) is 0 Å². The third kappa shape index (κ3) is 3.46. The Morgan fingerprint density at radius 3 is 2.63 bits per heavy atom. The fourth-order valence-electron chi connectivity index (χ4n) is 1.35. The molecule has 2 aromatic heterocycles. The summed E-state index contributed by atoms with van der Waals surface area (Å²) in [6.07, 6.45) is 4.29. The molecule has 0 amide bonds. The first-order valence-corrected chi connectivity index (χ1v) is 7.15. The number of sulfonamides is 1. The van der Waals surface area contributed by atoms with Gasteiger partial charge in [0.25, 0.3) is 0 Å². The monoisotopic (exact) mass is 302 g/mol. The van der Waals surface area contributed by atoms with Crippen LogP contribution in [-0.2, 0) is 23.5 Å². The van der Waals surface area contributed by atoms with E-state index in [2.05, 4.69) is 24.9 Å². The van der Waals surface area contributed by atoms with E-state index in [4.69, 9.17) is 11.6 Å². The number of nitrogens with zero attached hydrogens (tertiary/aromatic N) is 5. The molecule has 0 radical (unpaired) electrons. The first-order chi connectivity index (χ1) is 8.99. The largest absolute Gasteiger partial charge is 0.321 e. The van der Waals surface area contributed by atoms with Gasteiger partial charge in [-0.15, -0.1) is 10.2 Å². The van der Waals surface area contributed by atoms with E-state index in [0.29, 0.717) is 12.2 Å². The lowest BCUT2D eigenvalue weighted by molar-refractivity contribution is 0.579. The standard InChI is InChI=1S/C9H11ClN6O2S/c1-16-6-13-15-8(16)2-3-14-19(17,18)7-4-11-9(10)12-5-7/h4-6,14H,2-3H2,1H3. The van der Waals surface area contributed by atoms with Gasteiger partial charge in [0.1, 0.15) is 17.0 Å². The maximum Gasteiger partial charge on any atom is 0.243 e. The molecule has 0 fully saturated rings. The zero-order chi connectivity index (χ0) is 13.9. The second kappa shape index (κ2) is 5.59. The predicted octanol–water partition coefficient (Wildman–Crippen LogP) is -0.221. The average molecular weight is 303 g/mol. The molecule has 1 N–H and O–H groups in total. The summed E-state index contributed by atoms with van der Waals surface area (Å²) in [5, 5.41) is 7.56. The SMILES string of the molecule is Cn1cnnc1CCNS(=O)(=O)c1cnc(Cl)nc1. The molecule has 0 atom stereocenters. The van der Waals surface area contributed by atoms with Crippen LogP contribution in [0, 0.1) is 0 Å². The fraction of sp³-hybridized carbons (Fsp3) is 0.333. The highest BCUT2D eigenvalue weighted by atomic mass is 35.5. The van der Waals surface area contributed by atoms with E-state index in [9.17, 15) is 8.42 Å². The van der Waals surface area contributed by atoms with E-state index < -0.39 is 10.0 Å². The number of nitrogens with one attached hydrogen (secondary N) is 1. The summed E-state index contributed by atoms with van der Waals surface area (Å²) in [7, 11) is -1.85. The van der Waals surface area contributed by atoms with Crippen molar-refractivity contribution in [3.63, 3.8) is 0 Å². The van der Waals surface area contributed by atoms with Crippen LogP contribution in [0.1, 0.15) is 5.82 Å². The van der Waals surface area contributed by atoms with Gasteiger partial charge in [0, 0.05) is 20.0 Å². The highest BCUT2D eigenvalue weighted by Gasteiger charge is 2.15. The minimum Gasteiger partial charge on any atom is -0.321 e. The van der Waals surface area contributed by atoms with Crippen LogP contribution in [0.2, 0.25) is 5.28 Å². The number of hydrogen-bond donors (Lipinski definition) is 1. The highest BCUT2D eigenvalue weighted by Crippen LogP contribution is 2.07. The summed E-state index contributed by atoms with van der Waals surface area (Å²) in [4.78, 5) is 7.22. The quantitative estimate of drug-likeness (QED) is 0.766. The molecule has 8 nitrogen and oxygen atoms in total. The lowest BCUT2D eigenvalue weighted by Gasteiger charge is -2.05. The molecule has 2 aromatic rings. The predicted molar refractivity (Wildman–Crippen MR) is 66.9 cm³/mol. The van der Waals surface area contributed by atoms with Crippen LogP contribution in [0.5, 0.6) is 0 Å². The first-order valence-electron chi connectivity index (χ1n) is 5.29. The molecule has 2 heterocycles. The third-order valence-electron chi connectivity index (χ3n) is 2.35. The molecule has 0 bridgehead atoms. The zero-order valence-electron chi connectivity index (χ0n) is 9.99. The molecule has 0 aliphatic carbocycles.